The first-order chi connectivity index (χ1) is 15.3. The monoisotopic (exact) mass is 450 g/mol. The molecule has 0 aliphatic carbocycles. The number of carbonyl (C=O) groups is 1. The summed E-state index contributed by atoms with van der Waals surface area (Å²) in [5.41, 5.74) is -0.667. The van der Waals surface area contributed by atoms with Crippen LogP contribution >= 0.6 is 0 Å². The van der Waals surface area contributed by atoms with E-state index in [4.69, 9.17) is 9.47 Å². The van der Waals surface area contributed by atoms with E-state index in [-0.39, 0.29) is 62.0 Å². The summed E-state index contributed by atoms with van der Waals surface area (Å²) < 4.78 is 54.0. The second kappa shape index (κ2) is 8.90. The second-order valence-electron chi connectivity index (χ2n) is 8.12. The van der Waals surface area contributed by atoms with Crippen molar-refractivity contribution in [3.63, 3.8) is 0 Å². The van der Waals surface area contributed by atoms with E-state index < -0.39 is 23.1 Å². The standard InChI is InChI=1S/C23H25F3N2O4/c1-2-31-14-11-17(25)22(18(26)12-14)28-9-7-23(30,8-10-28)13-32-19-5-4-16(24)21-15(19)3-6-20(29)27-21/h4-5,11-12,30H,2-3,6-10,13H2,1H3,(H,27,29). The van der Waals surface area contributed by atoms with Crippen molar-refractivity contribution < 1.29 is 32.5 Å². The molecule has 0 aromatic heterocycles. The molecule has 0 radical (unpaired) electrons. The maximum Gasteiger partial charge on any atom is 0.224 e. The number of rotatable bonds is 6. The number of piperidine rings is 1. The molecule has 0 spiro atoms. The highest BCUT2D eigenvalue weighted by atomic mass is 19.1. The molecule has 1 saturated heterocycles. The highest BCUT2D eigenvalue weighted by molar-refractivity contribution is 5.94. The summed E-state index contributed by atoms with van der Waals surface area (Å²) in [6, 6.07) is 5.00. The summed E-state index contributed by atoms with van der Waals surface area (Å²) in [7, 11) is 0. The van der Waals surface area contributed by atoms with Crippen LogP contribution < -0.4 is 19.7 Å². The third-order valence-electron chi connectivity index (χ3n) is 5.89. The number of hydrogen-bond acceptors (Lipinski definition) is 5. The number of fused-ring (bicyclic) bond motifs is 1. The molecule has 2 aromatic rings. The van der Waals surface area contributed by atoms with Gasteiger partial charge >= 0.3 is 0 Å². The van der Waals surface area contributed by atoms with Crippen LogP contribution in [-0.2, 0) is 11.2 Å². The van der Waals surface area contributed by atoms with Crippen molar-refractivity contribution >= 4 is 17.3 Å². The number of nitrogens with one attached hydrogen (secondary N) is 1. The van der Waals surface area contributed by atoms with E-state index in [2.05, 4.69) is 5.32 Å². The Balaban J connectivity index is 1.42. The molecule has 1 fully saturated rings. The van der Waals surface area contributed by atoms with E-state index in [9.17, 15) is 23.1 Å². The van der Waals surface area contributed by atoms with Crippen molar-refractivity contribution in [1.29, 1.82) is 0 Å². The maximum atomic E-state index is 14.5. The van der Waals surface area contributed by atoms with Crippen LogP contribution in [0.25, 0.3) is 0 Å². The summed E-state index contributed by atoms with van der Waals surface area (Å²) in [6.07, 6.45) is 1.04. The van der Waals surface area contributed by atoms with Gasteiger partial charge in [-0.25, -0.2) is 13.2 Å². The lowest BCUT2D eigenvalue weighted by Gasteiger charge is -2.39. The van der Waals surface area contributed by atoms with Gasteiger partial charge in [0.1, 0.15) is 35.2 Å². The van der Waals surface area contributed by atoms with Crippen molar-refractivity contribution in [2.75, 3.05) is 36.5 Å². The Morgan fingerprint density at radius 2 is 1.75 bits per heavy atom. The topological polar surface area (TPSA) is 71.0 Å². The number of hydrogen-bond donors (Lipinski definition) is 2. The zero-order valence-electron chi connectivity index (χ0n) is 17.7. The fourth-order valence-electron chi connectivity index (χ4n) is 4.16. The van der Waals surface area contributed by atoms with Gasteiger partial charge < -0.3 is 24.8 Å². The molecule has 0 atom stereocenters. The molecule has 2 heterocycles. The molecular weight excluding hydrogens is 425 g/mol. The first-order valence-corrected chi connectivity index (χ1v) is 10.6. The normalized spacial score (nSPS) is 17.5. The van der Waals surface area contributed by atoms with Gasteiger partial charge in [-0.3, -0.25) is 4.79 Å². The minimum atomic E-state index is -1.20. The van der Waals surface area contributed by atoms with Gasteiger partial charge in [-0.1, -0.05) is 0 Å². The molecular formula is C23H25F3N2O4. The quantitative estimate of drug-likeness (QED) is 0.701. The van der Waals surface area contributed by atoms with Gasteiger partial charge in [0, 0.05) is 37.2 Å². The lowest BCUT2D eigenvalue weighted by atomic mass is 9.92. The lowest BCUT2D eigenvalue weighted by molar-refractivity contribution is -0.116. The molecule has 0 saturated carbocycles. The zero-order valence-corrected chi connectivity index (χ0v) is 17.7. The third-order valence-corrected chi connectivity index (χ3v) is 5.89. The number of carbonyl (C=O) groups excluding carboxylic acids is 1. The molecule has 0 unspecified atom stereocenters. The molecule has 6 nitrogen and oxygen atoms in total. The Labute approximate surface area is 183 Å². The van der Waals surface area contributed by atoms with Crippen molar-refractivity contribution in [2.24, 2.45) is 0 Å². The summed E-state index contributed by atoms with van der Waals surface area (Å²) in [5, 5.41) is 13.5. The smallest absolute Gasteiger partial charge is 0.224 e. The molecule has 172 valence electrons. The van der Waals surface area contributed by atoms with Gasteiger partial charge in [0.05, 0.1) is 12.3 Å². The van der Waals surface area contributed by atoms with Crippen molar-refractivity contribution in [1.82, 2.24) is 0 Å². The highest BCUT2D eigenvalue weighted by Crippen LogP contribution is 2.36. The van der Waals surface area contributed by atoms with Crippen LogP contribution in [0.5, 0.6) is 11.5 Å². The Kier molecular flexibility index (Phi) is 6.19. The minimum absolute atomic E-state index is 0.0545. The van der Waals surface area contributed by atoms with Crippen LogP contribution in [0.4, 0.5) is 24.5 Å². The Hall–Kier alpha value is -2.94. The average molecular weight is 450 g/mol. The highest BCUT2D eigenvalue weighted by Gasteiger charge is 2.35. The van der Waals surface area contributed by atoms with Crippen LogP contribution in [0.2, 0.25) is 0 Å². The largest absolute Gasteiger partial charge is 0.494 e. The minimum Gasteiger partial charge on any atom is -0.494 e. The Bertz CT molecular complexity index is 1000. The summed E-state index contributed by atoms with van der Waals surface area (Å²) in [4.78, 5) is 13.1. The fourth-order valence-corrected chi connectivity index (χ4v) is 4.16. The molecule has 9 heteroatoms. The summed E-state index contributed by atoms with van der Waals surface area (Å²) in [6.45, 7) is 2.45. The van der Waals surface area contributed by atoms with Gasteiger partial charge in [-0.2, -0.15) is 0 Å². The van der Waals surface area contributed by atoms with Gasteiger partial charge in [-0.15, -0.1) is 0 Å². The Morgan fingerprint density at radius 1 is 1.06 bits per heavy atom. The zero-order chi connectivity index (χ0) is 22.9. The molecule has 1 amide bonds. The van der Waals surface area contributed by atoms with Crippen molar-refractivity contribution in [2.45, 2.75) is 38.2 Å². The number of halogens is 3. The molecule has 0 bridgehead atoms. The number of anilines is 2. The second-order valence-corrected chi connectivity index (χ2v) is 8.12. The molecule has 32 heavy (non-hydrogen) atoms. The summed E-state index contributed by atoms with van der Waals surface area (Å²) >= 11 is 0. The molecule has 2 aromatic carbocycles. The predicted molar refractivity (Wildman–Crippen MR) is 113 cm³/mol. The first-order valence-electron chi connectivity index (χ1n) is 10.6. The lowest BCUT2D eigenvalue weighted by Crippen LogP contribution is -2.48. The first kappa shape index (κ1) is 22.3. The van der Waals surface area contributed by atoms with Crippen molar-refractivity contribution in [3.05, 3.63) is 47.3 Å². The molecule has 2 N–H and O–H groups in total. The van der Waals surface area contributed by atoms with Crippen LogP contribution in [-0.4, -0.2) is 42.9 Å². The van der Waals surface area contributed by atoms with Gasteiger partial charge in [0.2, 0.25) is 5.91 Å². The van der Waals surface area contributed by atoms with E-state index >= 15 is 0 Å². The Morgan fingerprint density at radius 3 is 2.41 bits per heavy atom. The van der Waals surface area contributed by atoms with Crippen LogP contribution in [0.15, 0.2) is 24.3 Å². The number of nitrogens with zero attached hydrogens (tertiary/aromatic N) is 1. The molecule has 2 aliphatic heterocycles. The predicted octanol–water partition coefficient (Wildman–Crippen LogP) is 3.80. The fraction of sp³-hybridized carbons (Fsp3) is 0.435. The number of aliphatic hydroxyl groups is 1. The summed E-state index contributed by atoms with van der Waals surface area (Å²) in [5.74, 6) is -1.68. The van der Waals surface area contributed by atoms with E-state index in [1.165, 1.54) is 12.1 Å². The maximum absolute atomic E-state index is 14.5. The van der Waals surface area contributed by atoms with Gasteiger partial charge in [-0.05, 0) is 38.3 Å². The molecule has 2 aliphatic rings. The van der Waals surface area contributed by atoms with Crippen LogP contribution in [0.1, 0.15) is 31.7 Å². The van der Waals surface area contributed by atoms with Crippen molar-refractivity contribution in [3.8, 4) is 11.5 Å². The van der Waals surface area contributed by atoms with E-state index in [1.807, 2.05) is 0 Å². The van der Waals surface area contributed by atoms with E-state index in [1.54, 1.807) is 11.8 Å². The SMILES string of the molecule is CCOc1cc(F)c(N2CCC(O)(COc3ccc(F)c4c3CCC(=O)N4)CC2)c(F)c1. The van der Waals surface area contributed by atoms with Gasteiger partial charge in [0.15, 0.2) is 11.6 Å². The van der Waals surface area contributed by atoms with Gasteiger partial charge in [0.25, 0.3) is 0 Å². The number of benzene rings is 2. The van der Waals surface area contributed by atoms with Crippen LogP contribution in [0.3, 0.4) is 0 Å². The average Bonchev–Trinajstić information content (AvgIpc) is 2.75. The third kappa shape index (κ3) is 4.48. The number of ether oxygens (including phenoxy) is 2. The van der Waals surface area contributed by atoms with E-state index in [0.717, 1.165) is 12.1 Å². The van der Waals surface area contributed by atoms with Crippen LogP contribution in [0, 0.1) is 17.5 Å². The molecule has 4 rings (SSSR count). The van der Waals surface area contributed by atoms with E-state index in [0.29, 0.717) is 24.3 Å². The number of amides is 1.